The highest BCUT2D eigenvalue weighted by molar-refractivity contribution is 5.66. The lowest BCUT2D eigenvalue weighted by Gasteiger charge is -2.27. The number of ether oxygens (including phenoxy) is 1. The van der Waals surface area contributed by atoms with Gasteiger partial charge in [0.2, 0.25) is 0 Å². The monoisotopic (exact) mass is 443 g/mol. The Hall–Kier alpha value is -3.09. The number of aromatic nitrogens is 2. The van der Waals surface area contributed by atoms with E-state index in [2.05, 4.69) is 16.9 Å². The third-order valence-corrected chi connectivity index (χ3v) is 5.17. The molecule has 0 N–H and O–H groups in total. The van der Waals surface area contributed by atoms with Gasteiger partial charge in [0.15, 0.2) is 5.82 Å². The molecular weight excluding hydrogens is 415 g/mol. The van der Waals surface area contributed by atoms with Crippen LogP contribution in [0.4, 0.5) is 24.7 Å². The molecule has 0 fully saturated rings. The molecule has 4 nitrogen and oxygen atoms in total. The zero-order chi connectivity index (χ0) is 23.0. The van der Waals surface area contributed by atoms with Gasteiger partial charge in [0, 0.05) is 18.4 Å². The molecule has 0 saturated carbocycles. The molecule has 0 aliphatic rings. The maximum absolute atomic E-state index is 13.8. The fraction of sp³-hybridized carbons (Fsp3) is 0.360. The highest BCUT2D eigenvalue weighted by Gasteiger charge is 2.37. The van der Waals surface area contributed by atoms with Gasteiger partial charge in [-0.25, -0.2) is 4.98 Å². The number of rotatable bonds is 10. The molecule has 2 aromatic carbocycles. The van der Waals surface area contributed by atoms with Crippen LogP contribution >= 0.6 is 0 Å². The van der Waals surface area contributed by atoms with Gasteiger partial charge in [-0.3, -0.25) is 0 Å². The molecule has 32 heavy (non-hydrogen) atoms. The number of alkyl halides is 3. The number of para-hydroxylation sites is 1. The first-order valence-corrected chi connectivity index (χ1v) is 10.9. The van der Waals surface area contributed by atoms with Gasteiger partial charge in [-0.05, 0) is 37.0 Å². The van der Waals surface area contributed by atoms with Crippen molar-refractivity contribution in [2.75, 3.05) is 11.4 Å². The molecule has 3 aromatic rings. The molecule has 0 amide bonds. The molecule has 3 rings (SSSR count). The minimum absolute atomic E-state index is 0.0845. The third kappa shape index (κ3) is 5.99. The molecule has 0 atom stereocenters. The predicted molar refractivity (Wildman–Crippen MR) is 120 cm³/mol. The van der Waals surface area contributed by atoms with E-state index in [4.69, 9.17) is 4.74 Å². The van der Waals surface area contributed by atoms with Crippen LogP contribution in [0, 0.1) is 0 Å². The maximum atomic E-state index is 13.8. The SMILES string of the molecule is CCCCCc1ccccc1N(CC)c1nc(OCc2ccccc2)ncc1C(F)(F)F. The van der Waals surface area contributed by atoms with Crippen molar-refractivity contribution in [2.24, 2.45) is 0 Å². The Labute approximate surface area is 187 Å². The van der Waals surface area contributed by atoms with Gasteiger partial charge in [-0.2, -0.15) is 18.2 Å². The van der Waals surface area contributed by atoms with E-state index in [9.17, 15) is 13.2 Å². The van der Waals surface area contributed by atoms with Crippen LogP contribution in [0.15, 0.2) is 60.8 Å². The molecule has 0 saturated heterocycles. The molecule has 1 heterocycles. The van der Waals surface area contributed by atoms with Crippen molar-refractivity contribution in [1.29, 1.82) is 0 Å². The summed E-state index contributed by atoms with van der Waals surface area (Å²) in [6, 6.07) is 16.8. The molecule has 0 radical (unpaired) electrons. The van der Waals surface area contributed by atoms with Crippen LogP contribution in [0.25, 0.3) is 0 Å². The van der Waals surface area contributed by atoms with Crippen molar-refractivity contribution in [2.45, 2.75) is 52.3 Å². The zero-order valence-electron chi connectivity index (χ0n) is 18.4. The van der Waals surface area contributed by atoms with Crippen LogP contribution in [0.5, 0.6) is 6.01 Å². The van der Waals surface area contributed by atoms with Crippen LogP contribution < -0.4 is 9.64 Å². The Morgan fingerprint density at radius 1 is 0.938 bits per heavy atom. The number of anilines is 2. The number of halogens is 3. The summed E-state index contributed by atoms with van der Waals surface area (Å²) in [6.45, 7) is 4.43. The molecule has 0 aliphatic carbocycles. The summed E-state index contributed by atoms with van der Waals surface area (Å²) in [6.07, 6.45) is 0.144. The van der Waals surface area contributed by atoms with E-state index in [1.807, 2.05) is 61.5 Å². The first-order chi connectivity index (χ1) is 15.4. The van der Waals surface area contributed by atoms with Crippen molar-refractivity contribution in [3.05, 3.63) is 77.5 Å². The minimum Gasteiger partial charge on any atom is -0.459 e. The van der Waals surface area contributed by atoms with Gasteiger partial charge < -0.3 is 9.64 Å². The quantitative estimate of drug-likeness (QED) is 0.317. The van der Waals surface area contributed by atoms with Crippen molar-refractivity contribution in [3.8, 4) is 6.01 Å². The van der Waals surface area contributed by atoms with Gasteiger partial charge in [0.25, 0.3) is 0 Å². The standard InChI is InChI=1S/C25H28F3N3O/c1-3-5-7-14-20-15-10-11-16-22(20)31(4-2)23-21(25(26,27)28)17-29-24(30-23)32-18-19-12-8-6-9-13-19/h6,8-13,15-17H,3-5,7,14,18H2,1-2H3. The van der Waals surface area contributed by atoms with Crippen LogP contribution in [0.1, 0.15) is 49.8 Å². The van der Waals surface area contributed by atoms with Gasteiger partial charge in [-0.15, -0.1) is 0 Å². The summed E-state index contributed by atoms with van der Waals surface area (Å²) in [5.41, 5.74) is 1.73. The number of hydrogen-bond donors (Lipinski definition) is 0. The second-order valence-electron chi connectivity index (χ2n) is 7.49. The average molecular weight is 444 g/mol. The van der Waals surface area contributed by atoms with E-state index in [-0.39, 0.29) is 18.4 Å². The number of benzene rings is 2. The van der Waals surface area contributed by atoms with Crippen molar-refractivity contribution < 1.29 is 17.9 Å². The zero-order valence-corrected chi connectivity index (χ0v) is 18.4. The second kappa shape index (κ2) is 11.0. The number of aryl methyl sites for hydroxylation is 1. The smallest absolute Gasteiger partial charge is 0.421 e. The fourth-order valence-corrected chi connectivity index (χ4v) is 3.54. The Bertz CT molecular complexity index is 993. The van der Waals surface area contributed by atoms with Gasteiger partial charge in [-0.1, -0.05) is 68.3 Å². The lowest BCUT2D eigenvalue weighted by Crippen LogP contribution is -2.24. The molecule has 0 aliphatic heterocycles. The molecule has 0 spiro atoms. The first-order valence-electron chi connectivity index (χ1n) is 10.9. The second-order valence-corrected chi connectivity index (χ2v) is 7.49. The van der Waals surface area contributed by atoms with Crippen LogP contribution in [-0.2, 0) is 19.2 Å². The largest absolute Gasteiger partial charge is 0.459 e. The Balaban J connectivity index is 1.97. The fourth-order valence-electron chi connectivity index (χ4n) is 3.54. The number of unbranched alkanes of at least 4 members (excludes halogenated alkanes) is 2. The van der Waals surface area contributed by atoms with Crippen molar-refractivity contribution >= 4 is 11.5 Å². The summed E-state index contributed by atoms with van der Waals surface area (Å²) in [7, 11) is 0. The van der Waals surface area contributed by atoms with E-state index in [0.717, 1.165) is 48.7 Å². The Kier molecular flexibility index (Phi) is 8.09. The number of nitrogens with zero attached hydrogens (tertiary/aromatic N) is 3. The minimum atomic E-state index is -4.59. The summed E-state index contributed by atoms with van der Waals surface area (Å²) in [4.78, 5) is 9.64. The third-order valence-electron chi connectivity index (χ3n) is 5.17. The summed E-state index contributed by atoms with van der Waals surface area (Å²) >= 11 is 0. The van der Waals surface area contributed by atoms with Gasteiger partial charge in [0.05, 0.1) is 0 Å². The molecule has 0 unspecified atom stereocenters. The molecule has 170 valence electrons. The summed E-state index contributed by atoms with van der Waals surface area (Å²) in [5.74, 6) is -0.194. The predicted octanol–water partition coefficient (Wildman–Crippen LogP) is 6.97. The average Bonchev–Trinajstić information content (AvgIpc) is 2.79. The Morgan fingerprint density at radius 2 is 1.66 bits per heavy atom. The van der Waals surface area contributed by atoms with Gasteiger partial charge >= 0.3 is 12.2 Å². The van der Waals surface area contributed by atoms with E-state index in [1.165, 1.54) is 0 Å². The lowest BCUT2D eigenvalue weighted by atomic mass is 10.0. The van der Waals surface area contributed by atoms with E-state index >= 15 is 0 Å². The number of hydrogen-bond acceptors (Lipinski definition) is 4. The van der Waals surface area contributed by atoms with Crippen LogP contribution in [-0.4, -0.2) is 16.5 Å². The van der Waals surface area contributed by atoms with E-state index in [1.54, 1.807) is 4.90 Å². The normalized spacial score (nSPS) is 11.4. The Morgan fingerprint density at radius 3 is 2.34 bits per heavy atom. The van der Waals surface area contributed by atoms with E-state index < -0.39 is 11.7 Å². The highest BCUT2D eigenvalue weighted by Crippen LogP contribution is 2.39. The molecule has 0 bridgehead atoms. The van der Waals surface area contributed by atoms with E-state index in [0.29, 0.717) is 6.54 Å². The van der Waals surface area contributed by atoms with Crippen molar-refractivity contribution in [1.82, 2.24) is 9.97 Å². The van der Waals surface area contributed by atoms with Crippen LogP contribution in [0.3, 0.4) is 0 Å². The van der Waals surface area contributed by atoms with Crippen molar-refractivity contribution in [3.63, 3.8) is 0 Å². The summed E-state index contributed by atoms with van der Waals surface area (Å²) in [5, 5.41) is 0. The van der Waals surface area contributed by atoms with Gasteiger partial charge in [0.1, 0.15) is 12.2 Å². The van der Waals surface area contributed by atoms with Crippen LogP contribution in [0.2, 0.25) is 0 Å². The first kappa shape index (κ1) is 23.6. The topological polar surface area (TPSA) is 38.2 Å². The lowest BCUT2D eigenvalue weighted by molar-refractivity contribution is -0.137. The highest BCUT2D eigenvalue weighted by atomic mass is 19.4. The summed E-state index contributed by atoms with van der Waals surface area (Å²) < 4.78 is 47.2. The maximum Gasteiger partial charge on any atom is 0.421 e. The molecule has 7 heteroatoms. The molecule has 1 aromatic heterocycles. The molecular formula is C25H28F3N3O.